The summed E-state index contributed by atoms with van der Waals surface area (Å²) in [5.41, 5.74) is 2.98. The number of hydrogen-bond donors (Lipinski definition) is 1. The number of oxazole rings is 1. The van der Waals surface area contributed by atoms with Crippen molar-refractivity contribution in [3.8, 4) is 0 Å². The highest BCUT2D eigenvalue weighted by atomic mass is 16.3. The molecular formula is C13H18N2O. The van der Waals surface area contributed by atoms with Crippen LogP contribution in [0.15, 0.2) is 22.6 Å². The monoisotopic (exact) mass is 218 g/mol. The first-order valence-corrected chi connectivity index (χ1v) is 5.55. The van der Waals surface area contributed by atoms with Crippen molar-refractivity contribution >= 4 is 11.1 Å². The van der Waals surface area contributed by atoms with Crippen LogP contribution in [0.2, 0.25) is 0 Å². The summed E-state index contributed by atoms with van der Waals surface area (Å²) in [7, 11) is 1.94. The van der Waals surface area contributed by atoms with Crippen molar-refractivity contribution in [2.45, 2.75) is 32.7 Å². The number of nitrogens with one attached hydrogen (secondary N) is 1. The Morgan fingerprint density at radius 2 is 2.06 bits per heavy atom. The third-order valence-electron chi connectivity index (χ3n) is 2.48. The zero-order valence-corrected chi connectivity index (χ0v) is 10.3. The summed E-state index contributed by atoms with van der Waals surface area (Å²) >= 11 is 0. The van der Waals surface area contributed by atoms with Gasteiger partial charge in [0.25, 0.3) is 0 Å². The first kappa shape index (κ1) is 11.1. The van der Waals surface area contributed by atoms with Crippen molar-refractivity contribution in [1.82, 2.24) is 10.3 Å². The van der Waals surface area contributed by atoms with Crippen LogP contribution in [0.1, 0.15) is 32.2 Å². The lowest BCUT2D eigenvalue weighted by Gasteiger charge is -2.11. The Morgan fingerprint density at radius 3 is 2.69 bits per heavy atom. The van der Waals surface area contributed by atoms with Gasteiger partial charge in [0.05, 0.1) is 0 Å². The summed E-state index contributed by atoms with van der Waals surface area (Å²) in [5, 5.41) is 3.12. The third kappa shape index (κ3) is 2.09. The predicted molar refractivity (Wildman–Crippen MR) is 65.5 cm³/mol. The topological polar surface area (TPSA) is 38.1 Å². The van der Waals surface area contributed by atoms with Crippen LogP contribution in [-0.4, -0.2) is 12.0 Å². The number of nitrogens with zero attached hydrogens (tertiary/aromatic N) is 1. The molecule has 0 spiro atoms. The molecule has 2 aromatic rings. The highest BCUT2D eigenvalue weighted by molar-refractivity contribution is 5.73. The van der Waals surface area contributed by atoms with E-state index in [4.69, 9.17) is 4.42 Å². The van der Waals surface area contributed by atoms with Crippen LogP contribution in [0.25, 0.3) is 11.1 Å². The molecule has 1 aromatic heterocycles. The lowest BCUT2D eigenvalue weighted by Crippen LogP contribution is -2.10. The largest absolute Gasteiger partial charge is 0.440 e. The minimum Gasteiger partial charge on any atom is -0.440 e. The Morgan fingerprint density at radius 1 is 1.31 bits per heavy atom. The fourth-order valence-corrected chi connectivity index (χ4v) is 1.60. The minimum absolute atomic E-state index is 0.0395. The van der Waals surface area contributed by atoms with Gasteiger partial charge in [0.15, 0.2) is 5.58 Å². The lowest BCUT2D eigenvalue weighted by molar-refractivity contribution is 0.410. The summed E-state index contributed by atoms with van der Waals surface area (Å²) in [5.74, 6) is 0.795. The molecule has 86 valence electrons. The van der Waals surface area contributed by atoms with Gasteiger partial charge in [0.1, 0.15) is 5.52 Å². The van der Waals surface area contributed by atoms with Crippen molar-refractivity contribution in [2.75, 3.05) is 7.05 Å². The molecule has 0 aliphatic carbocycles. The van der Waals surface area contributed by atoms with E-state index in [0.29, 0.717) is 0 Å². The molecule has 0 atom stereocenters. The molecule has 16 heavy (non-hydrogen) atoms. The Labute approximate surface area is 95.9 Å². The summed E-state index contributed by atoms with van der Waals surface area (Å²) in [6.45, 7) is 7.16. The zero-order chi connectivity index (χ0) is 11.8. The third-order valence-corrected chi connectivity index (χ3v) is 2.48. The second kappa shape index (κ2) is 3.91. The van der Waals surface area contributed by atoms with Crippen molar-refractivity contribution in [3.63, 3.8) is 0 Å². The van der Waals surface area contributed by atoms with E-state index in [1.165, 1.54) is 5.56 Å². The fourth-order valence-electron chi connectivity index (χ4n) is 1.60. The van der Waals surface area contributed by atoms with Crippen molar-refractivity contribution in [3.05, 3.63) is 29.7 Å². The van der Waals surface area contributed by atoms with Crippen molar-refractivity contribution in [1.29, 1.82) is 0 Å². The van der Waals surface area contributed by atoms with Crippen molar-refractivity contribution < 1.29 is 4.42 Å². The van der Waals surface area contributed by atoms with Crippen LogP contribution in [-0.2, 0) is 12.0 Å². The first-order chi connectivity index (χ1) is 7.50. The molecule has 0 unspecified atom stereocenters. The number of benzene rings is 1. The van der Waals surface area contributed by atoms with Crippen LogP contribution in [0.3, 0.4) is 0 Å². The molecule has 1 N–H and O–H groups in total. The van der Waals surface area contributed by atoms with E-state index in [1.54, 1.807) is 0 Å². The molecular weight excluding hydrogens is 200 g/mol. The van der Waals surface area contributed by atoms with Gasteiger partial charge in [-0.15, -0.1) is 0 Å². The Kier molecular flexibility index (Phi) is 2.72. The van der Waals surface area contributed by atoms with Gasteiger partial charge in [0, 0.05) is 12.0 Å². The van der Waals surface area contributed by atoms with Crippen LogP contribution in [0.5, 0.6) is 0 Å². The fraction of sp³-hybridized carbons (Fsp3) is 0.462. The molecule has 0 saturated heterocycles. The van der Waals surface area contributed by atoms with Gasteiger partial charge in [-0.2, -0.15) is 0 Å². The maximum Gasteiger partial charge on any atom is 0.200 e. The lowest BCUT2D eigenvalue weighted by atomic mass is 9.97. The van der Waals surface area contributed by atoms with Gasteiger partial charge in [-0.25, -0.2) is 4.98 Å². The number of rotatable bonds is 2. The van der Waals surface area contributed by atoms with Gasteiger partial charge in [0.2, 0.25) is 5.89 Å². The Balaban J connectivity index is 2.46. The molecule has 3 nitrogen and oxygen atoms in total. The second-order valence-electron chi connectivity index (χ2n) is 5.10. The molecule has 0 saturated carbocycles. The average molecular weight is 218 g/mol. The van der Waals surface area contributed by atoms with E-state index >= 15 is 0 Å². The minimum atomic E-state index is -0.0395. The molecule has 1 aromatic carbocycles. The van der Waals surface area contributed by atoms with Crippen molar-refractivity contribution in [2.24, 2.45) is 0 Å². The van der Waals surface area contributed by atoms with E-state index in [-0.39, 0.29) is 5.41 Å². The quantitative estimate of drug-likeness (QED) is 0.842. The van der Waals surface area contributed by atoms with Gasteiger partial charge >= 0.3 is 0 Å². The molecule has 0 amide bonds. The van der Waals surface area contributed by atoms with E-state index in [9.17, 15) is 0 Å². The van der Waals surface area contributed by atoms with Gasteiger partial charge in [-0.05, 0) is 24.7 Å². The smallest absolute Gasteiger partial charge is 0.200 e. The van der Waals surface area contributed by atoms with E-state index in [2.05, 4.69) is 37.1 Å². The highest BCUT2D eigenvalue weighted by Gasteiger charge is 2.20. The Bertz CT molecular complexity index is 494. The Hall–Kier alpha value is -1.35. The van der Waals surface area contributed by atoms with Gasteiger partial charge in [-0.1, -0.05) is 26.8 Å². The van der Waals surface area contributed by atoms with Gasteiger partial charge in [-0.3, -0.25) is 0 Å². The van der Waals surface area contributed by atoms with E-state index in [0.717, 1.165) is 23.5 Å². The maximum absolute atomic E-state index is 5.78. The van der Waals surface area contributed by atoms with Crippen LogP contribution in [0, 0.1) is 0 Å². The van der Waals surface area contributed by atoms with E-state index < -0.39 is 0 Å². The molecule has 3 heteroatoms. The molecule has 1 heterocycles. The molecule has 0 aliphatic heterocycles. The van der Waals surface area contributed by atoms with Crippen LogP contribution < -0.4 is 5.32 Å². The number of aromatic nitrogens is 1. The summed E-state index contributed by atoms with van der Waals surface area (Å²) in [6.07, 6.45) is 0. The van der Waals surface area contributed by atoms with Crippen LogP contribution >= 0.6 is 0 Å². The van der Waals surface area contributed by atoms with Crippen LogP contribution in [0.4, 0.5) is 0 Å². The first-order valence-electron chi connectivity index (χ1n) is 5.55. The SMILES string of the molecule is CNCc1ccc2nc(C(C)(C)C)oc2c1. The molecule has 0 fully saturated rings. The summed E-state index contributed by atoms with van der Waals surface area (Å²) < 4.78 is 5.78. The summed E-state index contributed by atoms with van der Waals surface area (Å²) in [6, 6.07) is 6.14. The maximum atomic E-state index is 5.78. The highest BCUT2D eigenvalue weighted by Crippen LogP contribution is 2.26. The second-order valence-corrected chi connectivity index (χ2v) is 5.10. The number of fused-ring (bicyclic) bond motifs is 1. The van der Waals surface area contributed by atoms with Gasteiger partial charge < -0.3 is 9.73 Å². The molecule has 2 rings (SSSR count). The molecule has 0 bridgehead atoms. The molecule has 0 radical (unpaired) electrons. The number of hydrogen-bond acceptors (Lipinski definition) is 3. The van der Waals surface area contributed by atoms with E-state index in [1.807, 2.05) is 19.2 Å². The normalized spacial score (nSPS) is 12.2. The molecule has 0 aliphatic rings. The average Bonchev–Trinajstić information content (AvgIpc) is 2.60. The summed E-state index contributed by atoms with van der Waals surface area (Å²) in [4.78, 5) is 4.50. The standard InChI is InChI=1S/C13H18N2O/c1-13(2,3)12-15-10-6-5-9(8-14-4)7-11(10)16-12/h5-7,14H,8H2,1-4H3. The zero-order valence-electron chi connectivity index (χ0n) is 10.3. The predicted octanol–water partition coefficient (Wildman–Crippen LogP) is 2.84.